The van der Waals surface area contributed by atoms with Crippen LogP contribution >= 0.6 is 0 Å². The maximum atomic E-state index is 13.6. The summed E-state index contributed by atoms with van der Waals surface area (Å²) in [5, 5.41) is 0.731. The first-order valence-corrected chi connectivity index (χ1v) is 12.1. The van der Waals surface area contributed by atoms with Crippen molar-refractivity contribution in [3.05, 3.63) is 75.8 Å². The Morgan fingerprint density at radius 2 is 1.78 bits per heavy atom. The third-order valence-electron chi connectivity index (χ3n) is 6.67. The Kier molecular flexibility index (Phi) is 7.38. The minimum Gasteiger partial charge on any atom is -0.305 e. The summed E-state index contributed by atoms with van der Waals surface area (Å²) in [7, 11) is 2.20. The Labute approximate surface area is 191 Å². The first-order chi connectivity index (χ1) is 15.6. The van der Waals surface area contributed by atoms with E-state index >= 15 is 0 Å². The molecule has 32 heavy (non-hydrogen) atoms. The van der Waals surface area contributed by atoms with Gasteiger partial charge in [-0.2, -0.15) is 0 Å². The van der Waals surface area contributed by atoms with Crippen molar-refractivity contribution >= 4 is 10.9 Å². The number of fused-ring (bicyclic) bond motifs is 1. The van der Waals surface area contributed by atoms with Crippen LogP contribution in [0.25, 0.3) is 10.9 Å². The van der Waals surface area contributed by atoms with Crippen molar-refractivity contribution in [2.24, 2.45) is 0 Å². The largest absolute Gasteiger partial charge is 0.305 e. The molecule has 5 heteroatoms. The highest BCUT2D eigenvalue weighted by atomic mass is 16.1. The topological polar surface area (TPSA) is 41.4 Å². The van der Waals surface area contributed by atoms with E-state index in [9.17, 15) is 4.79 Å². The highest BCUT2D eigenvalue weighted by Crippen LogP contribution is 2.27. The third-order valence-corrected chi connectivity index (χ3v) is 6.67. The van der Waals surface area contributed by atoms with Gasteiger partial charge in [0.15, 0.2) is 0 Å². The van der Waals surface area contributed by atoms with Crippen LogP contribution in [0.1, 0.15) is 56.1 Å². The van der Waals surface area contributed by atoms with Crippen molar-refractivity contribution in [2.45, 2.75) is 52.1 Å². The number of hydrogen-bond donors (Lipinski definition) is 0. The van der Waals surface area contributed by atoms with Crippen molar-refractivity contribution in [3.8, 4) is 0 Å². The second-order valence-corrected chi connectivity index (χ2v) is 9.03. The molecule has 170 valence electrons. The summed E-state index contributed by atoms with van der Waals surface area (Å²) in [5.41, 5.74) is 3.31. The van der Waals surface area contributed by atoms with E-state index in [1.165, 1.54) is 5.56 Å². The van der Waals surface area contributed by atoms with Gasteiger partial charge in [-0.05, 0) is 63.0 Å². The molecule has 1 aliphatic heterocycles. The average molecular weight is 433 g/mol. The Morgan fingerprint density at radius 3 is 2.53 bits per heavy atom. The highest BCUT2D eigenvalue weighted by molar-refractivity contribution is 5.78. The summed E-state index contributed by atoms with van der Waals surface area (Å²) in [6.45, 7) is 9.21. The van der Waals surface area contributed by atoms with Crippen LogP contribution in [0.15, 0.2) is 53.3 Å². The van der Waals surface area contributed by atoms with Crippen molar-refractivity contribution < 1.29 is 0 Å². The van der Waals surface area contributed by atoms with Crippen molar-refractivity contribution in [1.82, 2.24) is 19.4 Å². The molecule has 0 spiro atoms. The molecule has 5 nitrogen and oxygen atoms in total. The molecule has 1 atom stereocenters. The minimum absolute atomic E-state index is 0.0930. The number of aromatic nitrogens is 2. The molecule has 0 radical (unpaired) electrons. The van der Waals surface area contributed by atoms with E-state index in [1.807, 2.05) is 22.8 Å². The van der Waals surface area contributed by atoms with E-state index in [-0.39, 0.29) is 11.6 Å². The van der Waals surface area contributed by atoms with E-state index in [0.29, 0.717) is 6.54 Å². The number of benzene rings is 2. The number of hydrogen-bond acceptors (Lipinski definition) is 4. The molecule has 1 aliphatic rings. The van der Waals surface area contributed by atoms with Crippen LogP contribution in [0.2, 0.25) is 0 Å². The van der Waals surface area contributed by atoms with E-state index in [0.717, 1.165) is 74.2 Å². The molecule has 2 heterocycles. The van der Waals surface area contributed by atoms with Crippen LogP contribution in [0, 0.1) is 0 Å². The number of likely N-dealkylation sites (N-methyl/N-ethyl adjacent to an activating group) is 1. The standard InChI is InChI=1S/C27H36N4O/c1-4-10-25(30-16-9-15-29(3)17-18-30)26-28-24-14-13-22(19-21-11-7-6-8-12-21)20-23(24)27(32)31(26)5-2/h6-8,11-14,20,25H,4-5,9-10,15-19H2,1-3H3. The second-order valence-electron chi connectivity index (χ2n) is 9.03. The summed E-state index contributed by atoms with van der Waals surface area (Å²) in [6.07, 6.45) is 4.08. The first kappa shape index (κ1) is 22.7. The predicted octanol–water partition coefficient (Wildman–Crippen LogP) is 4.49. The molecule has 0 aliphatic carbocycles. The molecule has 4 rings (SSSR count). The molecule has 2 aromatic carbocycles. The monoisotopic (exact) mass is 432 g/mol. The molecule has 0 amide bonds. The number of nitrogens with zero attached hydrogens (tertiary/aromatic N) is 4. The lowest BCUT2D eigenvalue weighted by atomic mass is 10.0. The molecule has 3 aromatic rings. The molecule has 0 N–H and O–H groups in total. The quantitative estimate of drug-likeness (QED) is 0.552. The van der Waals surface area contributed by atoms with Gasteiger partial charge in [0.25, 0.3) is 5.56 Å². The van der Waals surface area contributed by atoms with Gasteiger partial charge < -0.3 is 4.90 Å². The van der Waals surface area contributed by atoms with Gasteiger partial charge in [-0.25, -0.2) is 4.98 Å². The van der Waals surface area contributed by atoms with Crippen LogP contribution in [0.5, 0.6) is 0 Å². The summed E-state index contributed by atoms with van der Waals surface area (Å²) < 4.78 is 1.92. The van der Waals surface area contributed by atoms with Gasteiger partial charge in [-0.3, -0.25) is 14.3 Å². The van der Waals surface area contributed by atoms with Gasteiger partial charge in [0.05, 0.1) is 16.9 Å². The minimum atomic E-state index is 0.0930. The average Bonchev–Trinajstić information content (AvgIpc) is 3.03. The van der Waals surface area contributed by atoms with Crippen LogP contribution < -0.4 is 5.56 Å². The summed E-state index contributed by atoms with van der Waals surface area (Å²) in [4.78, 5) is 23.7. The lowest BCUT2D eigenvalue weighted by Crippen LogP contribution is -2.37. The van der Waals surface area contributed by atoms with Crippen molar-refractivity contribution in [2.75, 3.05) is 33.2 Å². The van der Waals surface area contributed by atoms with Gasteiger partial charge >= 0.3 is 0 Å². The fraction of sp³-hybridized carbons (Fsp3) is 0.481. The normalized spacial score (nSPS) is 16.8. The summed E-state index contributed by atoms with van der Waals surface area (Å²) >= 11 is 0. The molecule has 0 saturated carbocycles. The molecule has 1 saturated heterocycles. The summed E-state index contributed by atoms with van der Waals surface area (Å²) in [5.74, 6) is 0.937. The van der Waals surface area contributed by atoms with Crippen molar-refractivity contribution in [3.63, 3.8) is 0 Å². The maximum Gasteiger partial charge on any atom is 0.261 e. The molecular formula is C27H36N4O. The first-order valence-electron chi connectivity index (χ1n) is 12.1. The fourth-order valence-corrected chi connectivity index (χ4v) is 4.91. The molecule has 1 aromatic heterocycles. The smallest absolute Gasteiger partial charge is 0.261 e. The molecular weight excluding hydrogens is 396 g/mol. The van der Waals surface area contributed by atoms with Crippen LogP contribution in [-0.2, 0) is 13.0 Å². The SMILES string of the molecule is CCCC(c1nc2ccc(Cc3ccccc3)cc2c(=O)n1CC)N1CCCN(C)CC1. The zero-order valence-corrected chi connectivity index (χ0v) is 19.8. The maximum absolute atomic E-state index is 13.6. The van der Waals surface area contributed by atoms with Crippen LogP contribution in [-0.4, -0.2) is 52.6 Å². The van der Waals surface area contributed by atoms with Gasteiger partial charge in [-0.1, -0.05) is 49.7 Å². The van der Waals surface area contributed by atoms with E-state index in [1.54, 1.807) is 0 Å². The predicted molar refractivity (Wildman–Crippen MR) is 132 cm³/mol. The fourth-order valence-electron chi connectivity index (χ4n) is 4.91. The zero-order chi connectivity index (χ0) is 22.5. The van der Waals surface area contributed by atoms with Gasteiger partial charge in [0.1, 0.15) is 5.82 Å². The van der Waals surface area contributed by atoms with Crippen molar-refractivity contribution in [1.29, 1.82) is 0 Å². The Bertz CT molecular complexity index is 1090. The third kappa shape index (κ3) is 4.94. The molecule has 1 unspecified atom stereocenters. The highest BCUT2D eigenvalue weighted by Gasteiger charge is 2.26. The van der Waals surface area contributed by atoms with E-state index in [4.69, 9.17) is 4.98 Å². The van der Waals surface area contributed by atoms with E-state index in [2.05, 4.69) is 61.0 Å². The van der Waals surface area contributed by atoms with Gasteiger partial charge in [-0.15, -0.1) is 0 Å². The Morgan fingerprint density at radius 1 is 0.969 bits per heavy atom. The summed E-state index contributed by atoms with van der Waals surface area (Å²) in [6, 6.07) is 16.8. The molecule has 0 bridgehead atoms. The van der Waals surface area contributed by atoms with Gasteiger partial charge in [0, 0.05) is 26.2 Å². The second kappa shape index (κ2) is 10.4. The van der Waals surface area contributed by atoms with Gasteiger partial charge in [0.2, 0.25) is 0 Å². The Hall–Kier alpha value is -2.50. The Balaban J connectivity index is 1.73. The molecule has 1 fully saturated rings. The van der Waals surface area contributed by atoms with E-state index < -0.39 is 0 Å². The lowest BCUT2D eigenvalue weighted by Gasteiger charge is -2.31. The number of rotatable bonds is 7. The van der Waals surface area contributed by atoms with Crippen LogP contribution in [0.4, 0.5) is 0 Å². The zero-order valence-electron chi connectivity index (χ0n) is 19.8. The lowest BCUT2D eigenvalue weighted by molar-refractivity contribution is 0.180. The van der Waals surface area contributed by atoms with Crippen LogP contribution in [0.3, 0.4) is 0 Å².